The summed E-state index contributed by atoms with van der Waals surface area (Å²) in [5.41, 5.74) is 2.60. The van der Waals surface area contributed by atoms with Crippen molar-refractivity contribution in [1.29, 1.82) is 0 Å². The second-order valence-corrected chi connectivity index (χ2v) is 6.77. The third-order valence-corrected chi connectivity index (χ3v) is 4.70. The Balaban J connectivity index is 1.38. The van der Waals surface area contributed by atoms with E-state index in [0.29, 0.717) is 23.9 Å². The van der Waals surface area contributed by atoms with Crippen molar-refractivity contribution in [3.8, 4) is 17.1 Å². The van der Waals surface area contributed by atoms with Crippen LogP contribution in [0.15, 0.2) is 48.5 Å². The molecule has 0 bridgehead atoms. The molecule has 1 aromatic heterocycles. The number of nitrogens with one attached hydrogen (secondary N) is 1. The second kappa shape index (κ2) is 9.36. The lowest BCUT2D eigenvalue weighted by atomic mass is 10.2. The van der Waals surface area contributed by atoms with E-state index < -0.39 is 0 Å². The number of tetrazole rings is 1. The third-order valence-electron chi connectivity index (χ3n) is 4.70. The molecule has 0 saturated carbocycles. The number of rotatable bonds is 7. The summed E-state index contributed by atoms with van der Waals surface area (Å²) in [4.78, 5) is 16.0. The van der Waals surface area contributed by atoms with Crippen LogP contribution in [-0.4, -0.2) is 59.0 Å². The molecule has 1 N–H and O–H groups in total. The van der Waals surface area contributed by atoms with E-state index >= 15 is 0 Å². The Morgan fingerprint density at radius 1 is 1.13 bits per heavy atom. The predicted octanol–water partition coefficient (Wildman–Crippen LogP) is 2.21. The van der Waals surface area contributed by atoms with Crippen LogP contribution < -0.4 is 15.0 Å². The van der Waals surface area contributed by atoms with Crippen LogP contribution >= 0.6 is 0 Å². The molecule has 156 valence electrons. The number of hydrogen-bond donors (Lipinski definition) is 1. The number of anilines is 2. The van der Waals surface area contributed by atoms with Gasteiger partial charge in [-0.2, -0.15) is 4.80 Å². The summed E-state index contributed by atoms with van der Waals surface area (Å²) in [6.45, 7) is 5.63. The van der Waals surface area contributed by atoms with Gasteiger partial charge >= 0.3 is 0 Å². The van der Waals surface area contributed by atoms with Gasteiger partial charge < -0.3 is 19.7 Å². The van der Waals surface area contributed by atoms with Gasteiger partial charge in [-0.05, 0) is 48.5 Å². The minimum absolute atomic E-state index is 0.0423. The summed E-state index contributed by atoms with van der Waals surface area (Å²) < 4.78 is 10.9. The van der Waals surface area contributed by atoms with Gasteiger partial charge in [0.25, 0.3) is 0 Å². The van der Waals surface area contributed by atoms with E-state index in [1.807, 2.05) is 49.4 Å². The minimum Gasteiger partial charge on any atom is -0.492 e. The zero-order chi connectivity index (χ0) is 20.8. The summed E-state index contributed by atoms with van der Waals surface area (Å²) in [5.74, 6) is 0.848. The summed E-state index contributed by atoms with van der Waals surface area (Å²) in [6, 6.07) is 15.3. The first-order chi connectivity index (χ1) is 14.7. The Hall–Kier alpha value is -3.46. The van der Waals surface area contributed by atoms with E-state index in [0.717, 1.165) is 37.6 Å². The van der Waals surface area contributed by atoms with E-state index in [9.17, 15) is 4.79 Å². The summed E-state index contributed by atoms with van der Waals surface area (Å²) in [7, 11) is 0. The van der Waals surface area contributed by atoms with Gasteiger partial charge in [-0.1, -0.05) is 12.1 Å². The molecule has 1 aliphatic heterocycles. The van der Waals surface area contributed by atoms with Crippen molar-refractivity contribution in [2.45, 2.75) is 13.5 Å². The summed E-state index contributed by atoms with van der Waals surface area (Å²) in [6.07, 6.45) is 0. The highest BCUT2D eigenvalue weighted by Crippen LogP contribution is 2.24. The summed E-state index contributed by atoms with van der Waals surface area (Å²) >= 11 is 0. The van der Waals surface area contributed by atoms with Crippen LogP contribution in [0.5, 0.6) is 5.75 Å². The lowest BCUT2D eigenvalue weighted by Crippen LogP contribution is -2.36. The maximum Gasteiger partial charge on any atom is 0.248 e. The van der Waals surface area contributed by atoms with E-state index in [2.05, 4.69) is 25.6 Å². The van der Waals surface area contributed by atoms with Crippen LogP contribution in [0.4, 0.5) is 11.4 Å². The summed E-state index contributed by atoms with van der Waals surface area (Å²) in [5, 5.41) is 15.2. The third kappa shape index (κ3) is 4.74. The van der Waals surface area contributed by atoms with E-state index in [1.165, 1.54) is 4.80 Å². The van der Waals surface area contributed by atoms with Crippen LogP contribution in [-0.2, 0) is 16.1 Å². The number of nitrogens with zero attached hydrogens (tertiary/aromatic N) is 5. The van der Waals surface area contributed by atoms with E-state index in [-0.39, 0.29) is 12.5 Å². The topological polar surface area (TPSA) is 94.4 Å². The van der Waals surface area contributed by atoms with Crippen LogP contribution in [0, 0.1) is 0 Å². The first-order valence-electron chi connectivity index (χ1n) is 9.95. The van der Waals surface area contributed by atoms with Gasteiger partial charge in [-0.15, -0.1) is 10.2 Å². The number of ether oxygens (including phenoxy) is 2. The highest BCUT2D eigenvalue weighted by Gasteiger charge is 2.14. The minimum atomic E-state index is -0.256. The quantitative estimate of drug-likeness (QED) is 0.640. The Morgan fingerprint density at radius 3 is 2.67 bits per heavy atom. The fourth-order valence-electron chi connectivity index (χ4n) is 3.24. The van der Waals surface area contributed by atoms with Gasteiger partial charge in [0.1, 0.15) is 12.3 Å². The van der Waals surface area contributed by atoms with E-state index in [1.54, 1.807) is 6.07 Å². The molecule has 1 fully saturated rings. The molecule has 0 radical (unpaired) electrons. The fraction of sp³-hybridized carbons (Fsp3) is 0.333. The second-order valence-electron chi connectivity index (χ2n) is 6.77. The smallest absolute Gasteiger partial charge is 0.248 e. The molecule has 3 aromatic rings. The van der Waals surface area contributed by atoms with Gasteiger partial charge in [0.15, 0.2) is 0 Å². The van der Waals surface area contributed by atoms with Gasteiger partial charge in [0, 0.05) is 24.3 Å². The molecule has 2 heterocycles. The Kier molecular flexibility index (Phi) is 6.19. The maximum atomic E-state index is 12.4. The van der Waals surface area contributed by atoms with Crippen molar-refractivity contribution in [1.82, 2.24) is 20.2 Å². The SMILES string of the molecule is CCOc1ccccc1NC(=O)Cn1nnc(-c2ccc(N3CCOCC3)cc2)n1. The van der Waals surface area contributed by atoms with Crippen molar-refractivity contribution in [3.05, 3.63) is 48.5 Å². The lowest BCUT2D eigenvalue weighted by molar-refractivity contribution is -0.117. The van der Waals surface area contributed by atoms with Crippen LogP contribution in [0.2, 0.25) is 0 Å². The molecule has 0 spiro atoms. The highest BCUT2D eigenvalue weighted by atomic mass is 16.5. The molecule has 1 saturated heterocycles. The molecule has 0 atom stereocenters. The van der Waals surface area contributed by atoms with Crippen molar-refractivity contribution in [2.75, 3.05) is 43.1 Å². The number of aromatic nitrogens is 4. The number of morpholine rings is 1. The van der Waals surface area contributed by atoms with E-state index in [4.69, 9.17) is 9.47 Å². The molecule has 1 aliphatic rings. The fourth-order valence-corrected chi connectivity index (χ4v) is 3.24. The van der Waals surface area contributed by atoms with Crippen molar-refractivity contribution < 1.29 is 14.3 Å². The molecule has 4 rings (SSSR count). The Labute approximate surface area is 174 Å². The first-order valence-corrected chi connectivity index (χ1v) is 9.95. The maximum absolute atomic E-state index is 12.4. The zero-order valence-corrected chi connectivity index (χ0v) is 16.8. The molecule has 9 nitrogen and oxygen atoms in total. The average molecular weight is 408 g/mol. The van der Waals surface area contributed by atoms with Crippen molar-refractivity contribution in [3.63, 3.8) is 0 Å². The molecule has 9 heteroatoms. The molecule has 2 aromatic carbocycles. The number of carbonyl (C=O) groups excluding carboxylic acids is 1. The molecule has 0 unspecified atom stereocenters. The van der Waals surface area contributed by atoms with Gasteiger partial charge in [-0.3, -0.25) is 4.79 Å². The van der Waals surface area contributed by atoms with Gasteiger partial charge in [0.05, 0.1) is 25.5 Å². The lowest BCUT2D eigenvalue weighted by Gasteiger charge is -2.28. The highest BCUT2D eigenvalue weighted by molar-refractivity contribution is 5.92. The van der Waals surface area contributed by atoms with Gasteiger partial charge in [0.2, 0.25) is 11.7 Å². The standard InChI is InChI=1S/C21H24N6O3/c1-2-30-19-6-4-3-5-18(19)22-20(28)15-27-24-21(23-25-27)16-7-9-17(10-8-16)26-11-13-29-14-12-26/h3-10H,2,11-15H2,1H3,(H,22,28). The predicted molar refractivity (Wildman–Crippen MR) is 113 cm³/mol. The largest absolute Gasteiger partial charge is 0.492 e. The van der Waals surface area contributed by atoms with Crippen LogP contribution in [0.3, 0.4) is 0 Å². The van der Waals surface area contributed by atoms with Crippen LogP contribution in [0.1, 0.15) is 6.92 Å². The van der Waals surface area contributed by atoms with Gasteiger partial charge in [-0.25, -0.2) is 0 Å². The zero-order valence-electron chi connectivity index (χ0n) is 16.8. The van der Waals surface area contributed by atoms with Crippen molar-refractivity contribution in [2.24, 2.45) is 0 Å². The normalized spacial score (nSPS) is 13.8. The first kappa shape index (κ1) is 19.8. The molecule has 30 heavy (non-hydrogen) atoms. The number of amides is 1. The number of hydrogen-bond acceptors (Lipinski definition) is 7. The van der Waals surface area contributed by atoms with Crippen LogP contribution in [0.25, 0.3) is 11.4 Å². The number of carbonyl (C=O) groups is 1. The molecular formula is C21H24N6O3. The van der Waals surface area contributed by atoms with Crippen molar-refractivity contribution >= 4 is 17.3 Å². The molecule has 1 amide bonds. The average Bonchev–Trinajstić information content (AvgIpc) is 3.24. The number of benzene rings is 2. The monoisotopic (exact) mass is 408 g/mol. The number of para-hydroxylation sites is 2. The molecule has 0 aliphatic carbocycles. The Bertz CT molecular complexity index is 982. The Morgan fingerprint density at radius 2 is 1.90 bits per heavy atom. The molecular weight excluding hydrogens is 384 g/mol.